The van der Waals surface area contributed by atoms with Crippen LogP contribution in [0.2, 0.25) is 0 Å². The van der Waals surface area contributed by atoms with Crippen molar-refractivity contribution >= 4 is 33.7 Å². The molecule has 172 valence electrons. The maximum Gasteiger partial charge on any atom is 0.257 e. The molecule has 0 unspecified atom stereocenters. The molecule has 0 bridgehead atoms. The molecule has 8 nitrogen and oxygen atoms in total. The van der Waals surface area contributed by atoms with Crippen molar-refractivity contribution in [1.82, 2.24) is 14.8 Å². The highest BCUT2D eigenvalue weighted by Gasteiger charge is 2.20. The number of ether oxygens (including phenoxy) is 3. The molecule has 4 aromatic rings. The molecule has 2 aromatic heterocycles. The molecule has 0 fully saturated rings. The first-order valence-corrected chi connectivity index (χ1v) is 11.1. The molecular weight excluding hydrogens is 420 g/mol. The second-order valence-corrected chi connectivity index (χ2v) is 7.58. The first-order chi connectivity index (χ1) is 15.9. The molecule has 0 aliphatic rings. The van der Waals surface area contributed by atoms with E-state index >= 15 is 0 Å². The second kappa shape index (κ2) is 9.36. The number of aromatic nitrogens is 3. The highest BCUT2D eigenvalue weighted by atomic mass is 16.5. The van der Waals surface area contributed by atoms with E-state index in [2.05, 4.69) is 16.5 Å². The van der Waals surface area contributed by atoms with Gasteiger partial charge < -0.3 is 19.5 Å². The summed E-state index contributed by atoms with van der Waals surface area (Å²) < 4.78 is 18.9. The number of hydrogen-bond donors (Lipinski definition) is 1. The Labute approximate surface area is 192 Å². The Balaban J connectivity index is 1.74. The van der Waals surface area contributed by atoms with Crippen LogP contribution in [0, 0.1) is 6.92 Å². The second-order valence-electron chi connectivity index (χ2n) is 7.58. The summed E-state index contributed by atoms with van der Waals surface area (Å²) in [6.07, 6.45) is 0. The lowest BCUT2D eigenvalue weighted by molar-refractivity contribution is 0.102. The van der Waals surface area contributed by atoms with Gasteiger partial charge in [0.25, 0.3) is 5.91 Å². The minimum atomic E-state index is -0.329. The van der Waals surface area contributed by atoms with Crippen LogP contribution in [0.15, 0.2) is 36.4 Å². The van der Waals surface area contributed by atoms with Gasteiger partial charge >= 0.3 is 0 Å². The van der Waals surface area contributed by atoms with Gasteiger partial charge in [-0.1, -0.05) is 11.6 Å². The van der Waals surface area contributed by atoms with Gasteiger partial charge in [0.05, 0.1) is 30.7 Å². The fourth-order valence-electron chi connectivity index (χ4n) is 3.75. The predicted octanol–water partition coefficient (Wildman–Crippen LogP) is 4.88. The number of fused-ring (bicyclic) bond motifs is 2. The molecule has 2 heterocycles. The van der Waals surface area contributed by atoms with E-state index in [4.69, 9.17) is 19.2 Å². The average Bonchev–Trinajstić information content (AvgIpc) is 3.08. The third-order valence-electron chi connectivity index (χ3n) is 5.17. The Morgan fingerprint density at radius 2 is 1.64 bits per heavy atom. The van der Waals surface area contributed by atoms with Crippen LogP contribution in [-0.4, -0.2) is 40.5 Å². The first kappa shape index (κ1) is 22.4. The predicted molar refractivity (Wildman–Crippen MR) is 129 cm³/mol. The van der Waals surface area contributed by atoms with E-state index in [9.17, 15) is 4.79 Å². The molecule has 0 radical (unpaired) electrons. The lowest BCUT2D eigenvalue weighted by atomic mass is 10.1. The number of carbonyl (C=O) groups is 1. The first-order valence-electron chi connectivity index (χ1n) is 11.1. The molecule has 0 aliphatic heterocycles. The van der Waals surface area contributed by atoms with Crippen molar-refractivity contribution in [3.63, 3.8) is 0 Å². The van der Waals surface area contributed by atoms with Crippen LogP contribution in [0.1, 0.15) is 36.7 Å². The van der Waals surface area contributed by atoms with E-state index in [1.165, 1.54) is 0 Å². The summed E-state index contributed by atoms with van der Waals surface area (Å²) in [5, 5.41) is 9.19. The van der Waals surface area contributed by atoms with Gasteiger partial charge in [0.2, 0.25) is 5.75 Å². The highest BCUT2D eigenvalue weighted by molar-refractivity contribution is 6.09. The zero-order valence-electron chi connectivity index (χ0n) is 19.6. The Bertz CT molecular complexity index is 1300. The fraction of sp³-hybridized carbons (Fsp3) is 0.320. The van der Waals surface area contributed by atoms with Gasteiger partial charge in [-0.05, 0) is 58.0 Å². The van der Waals surface area contributed by atoms with Gasteiger partial charge in [0.15, 0.2) is 23.0 Å². The minimum Gasteiger partial charge on any atom is -0.490 e. The molecule has 0 saturated carbocycles. The SMILES string of the molecule is CCOc1cc(C(=O)Nc2nn(C)c3nc4ccc(C)cc4cc23)cc(OCC)c1OCC. The number of pyridine rings is 1. The quantitative estimate of drug-likeness (QED) is 0.413. The van der Waals surface area contributed by atoms with Crippen LogP contribution < -0.4 is 19.5 Å². The third kappa shape index (κ3) is 4.41. The number of rotatable bonds is 8. The molecule has 8 heteroatoms. The molecule has 0 atom stereocenters. The monoisotopic (exact) mass is 448 g/mol. The van der Waals surface area contributed by atoms with Gasteiger partial charge in [0, 0.05) is 18.0 Å². The normalized spacial score (nSPS) is 11.1. The molecule has 0 aliphatic carbocycles. The van der Waals surface area contributed by atoms with Crippen molar-refractivity contribution in [2.75, 3.05) is 25.1 Å². The summed E-state index contributed by atoms with van der Waals surface area (Å²) >= 11 is 0. The molecule has 2 aromatic carbocycles. The van der Waals surface area contributed by atoms with Gasteiger partial charge in [-0.3, -0.25) is 4.79 Å². The zero-order chi connectivity index (χ0) is 23.5. The van der Waals surface area contributed by atoms with Gasteiger partial charge in [0.1, 0.15) is 0 Å². The number of nitrogens with zero attached hydrogens (tertiary/aromatic N) is 3. The van der Waals surface area contributed by atoms with Crippen LogP contribution in [0.5, 0.6) is 17.2 Å². The third-order valence-corrected chi connectivity index (χ3v) is 5.17. The summed E-state index contributed by atoms with van der Waals surface area (Å²) in [5.74, 6) is 1.53. The summed E-state index contributed by atoms with van der Waals surface area (Å²) in [7, 11) is 1.81. The Kier molecular flexibility index (Phi) is 6.35. The number of carbonyl (C=O) groups excluding carboxylic acids is 1. The van der Waals surface area contributed by atoms with E-state index in [1.807, 2.05) is 52.9 Å². The zero-order valence-corrected chi connectivity index (χ0v) is 19.6. The Morgan fingerprint density at radius 3 is 2.27 bits per heavy atom. The number of hydrogen-bond acceptors (Lipinski definition) is 6. The Morgan fingerprint density at radius 1 is 0.970 bits per heavy atom. The van der Waals surface area contributed by atoms with E-state index in [-0.39, 0.29) is 5.91 Å². The number of amides is 1. The van der Waals surface area contributed by atoms with Crippen LogP contribution in [0.25, 0.3) is 21.9 Å². The molecule has 1 N–H and O–H groups in total. The average molecular weight is 449 g/mol. The maximum absolute atomic E-state index is 13.2. The number of aryl methyl sites for hydroxylation is 2. The van der Waals surface area contributed by atoms with Crippen molar-refractivity contribution in [3.8, 4) is 17.2 Å². The van der Waals surface area contributed by atoms with Crippen molar-refractivity contribution in [2.45, 2.75) is 27.7 Å². The van der Waals surface area contributed by atoms with Gasteiger partial charge in [-0.2, -0.15) is 5.10 Å². The van der Waals surface area contributed by atoms with Gasteiger partial charge in [-0.25, -0.2) is 9.67 Å². The van der Waals surface area contributed by atoms with E-state index in [1.54, 1.807) is 16.8 Å². The molecule has 0 spiro atoms. The summed E-state index contributed by atoms with van der Waals surface area (Å²) in [6.45, 7) is 8.99. The summed E-state index contributed by atoms with van der Waals surface area (Å²) in [5.41, 5.74) is 3.09. The molecule has 33 heavy (non-hydrogen) atoms. The van der Waals surface area contributed by atoms with Crippen LogP contribution in [0.4, 0.5) is 5.82 Å². The van der Waals surface area contributed by atoms with E-state index in [0.29, 0.717) is 54.1 Å². The van der Waals surface area contributed by atoms with Crippen LogP contribution in [0.3, 0.4) is 0 Å². The van der Waals surface area contributed by atoms with Crippen LogP contribution >= 0.6 is 0 Å². The topological polar surface area (TPSA) is 87.5 Å². The molecule has 1 amide bonds. The summed E-state index contributed by atoms with van der Waals surface area (Å²) in [6, 6.07) is 11.4. The van der Waals surface area contributed by atoms with Crippen molar-refractivity contribution in [1.29, 1.82) is 0 Å². The number of benzene rings is 2. The fourth-order valence-corrected chi connectivity index (χ4v) is 3.75. The van der Waals surface area contributed by atoms with E-state index in [0.717, 1.165) is 21.9 Å². The summed E-state index contributed by atoms with van der Waals surface area (Å²) in [4.78, 5) is 18.0. The largest absolute Gasteiger partial charge is 0.490 e. The number of anilines is 1. The Hall–Kier alpha value is -3.81. The van der Waals surface area contributed by atoms with Crippen molar-refractivity contribution < 1.29 is 19.0 Å². The minimum absolute atomic E-state index is 0.329. The van der Waals surface area contributed by atoms with Gasteiger partial charge in [-0.15, -0.1) is 0 Å². The lowest BCUT2D eigenvalue weighted by Crippen LogP contribution is -2.14. The highest BCUT2D eigenvalue weighted by Crippen LogP contribution is 2.39. The standard InChI is InChI=1S/C25H28N4O4/c1-6-31-20-13-17(14-21(32-7-2)22(20)33-8-3)25(30)27-23-18-12-16-11-15(4)9-10-19(16)26-24(18)29(5)28-23/h9-14H,6-8H2,1-5H3,(H,27,28,30). The van der Waals surface area contributed by atoms with E-state index < -0.39 is 0 Å². The number of nitrogens with one attached hydrogen (secondary N) is 1. The smallest absolute Gasteiger partial charge is 0.257 e. The molecule has 4 rings (SSSR count). The van der Waals surface area contributed by atoms with Crippen LogP contribution in [-0.2, 0) is 7.05 Å². The maximum atomic E-state index is 13.2. The molecule has 0 saturated heterocycles. The lowest BCUT2D eigenvalue weighted by Gasteiger charge is -2.17. The van der Waals surface area contributed by atoms with Crippen molar-refractivity contribution in [2.24, 2.45) is 7.05 Å². The molecular formula is C25H28N4O4. The van der Waals surface area contributed by atoms with Crippen molar-refractivity contribution in [3.05, 3.63) is 47.5 Å².